The van der Waals surface area contributed by atoms with Crippen LogP contribution in [0.15, 0.2) is 0 Å². The Kier molecular flexibility index (Phi) is 4.07. The maximum absolute atomic E-state index is 12.0. The number of ether oxygens (including phenoxy) is 1. The first-order valence-corrected chi connectivity index (χ1v) is 7.51. The van der Waals surface area contributed by atoms with Crippen LogP contribution in [0.4, 0.5) is 0 Å². The van der Waals surface area contributed by atoms with Gasteiger partial charge in [-0.3, -0.25) is 9.59 Å². The second-order valence-corrected chi connectivity index (χ2v) is 6.35. The lowest BCUT2D eigenvalue weighted by Crippen LogP contribution is -2.50. The lowest BCUT2D eigenvalue weighted by atomic mass is 9.99. The number of carbonyl (C=O) groups excluding carboxylic acids is 1. The number of cyclic esters (lactones) is 1. The van der Waals surface area contributed by atoms with Gasteiger partial charge in [0.1, 0.15) is 6.04 Å². The molecule has 0 amide bonds. The Morgan fingerprint density at radius 3 is 2.42 bits per heavy atom. The van der Waals surface area contributed by atoms with E-state index in [1.54, 1.807) is 0 Å². The molecule has 2 saturated heterocycles. The molecule has 1 unspecified atom stereocenters. The zero-order chi connectivity index (χ0) is 14.0. The molecule has 2 fully saturated rings. The summed E-state index contributed by atoms with van der Waals surface area (Å²) in [5.74, 6) is -1.96. The van der Waals surface area contributed by atoms with Crippen LogP contribution in [0.3, 0.4) is 0 Å². The molecule has 0 spiro atoms. The molecule has 19 heavy (non-hydrogen) atoms. The van der Waals surface area contributed by atoms with Crippen molar-refractivity contribution in [2.24, 2.45) is 5.92 Å². The van der Waals surface area contributed by atoms with Gasteiger partial charge in [-0.25, -0.2) is 0 Å². The van der Waals surface area contributed by atoms with Crippen LogP contribution in [0.1, 0.15) is 19.3 Å². The molecule has 2 rings (SSSR count). The van der Waals surface area contributed by atoms with Crippen molar-refractivity contribution < 1.29 is 27.9 Å². The van der Waals surface area contributed by atoms with Crippen LogP contribution in [0, 0.1) is 5.92 Å². The number of carbonyl (C=O) groups is 2. The summed E-state index contributed by atoms with van der Waals surface area (Å²) in [5.41, 5.74) is 0. The number of piperidine rings is 1. The van der Waals surface area contributed by atoms with Gasteiger partial charge in [0.25, 0.3) is 10.2 Å². The highest BCUT2D eigenvalue weighted by Crippen LogP contribution is 2.20. The van der Waals surface area contributed by atoms with E-state index >= 15 is 0 Å². The Morgan fingerprint density at radius 2 is 1.95 bits per heavy atom. The van der Waals surface area contributed by atoms with Crippen LogP contribution >= 0.6 is 0 Å². The fourth-order valence-electron chi connectivity index (χ4n) is 2.20. The topological polar surface area (TPSA) is 113 Å². The number of aliphatic carboxylic acids is 1. The van der Waals surface area contributed by atoms with E-state index in [0.29, 0.717) is 6.42 Å². The van der Waals surface area contributed by atoms with Gasteiger partial charge in [-0.1, -0.05) is 0 Å². The van der Waals surface area contributed by atoms with Crippen molar-refractivity contribution in [3.63, 3.8) is 0 Å². The van der Waals surface area contributed by atoms with Gasteiger partial charge in [-0.2, -0.15) is 17.4 Å². The Hall–Kier alpha value is -1.19. The molecular formula is C10H16N2O6S. The molecule has 2 aliphatic heterocycles. The molecule has 0 aromatic heterocycles. The molecule has 0 aliphatic carbocycles. The largest absolute Gasteiger partial charge is 0.481 e. The van der Waals surface area contributed by atoms with E-state index < -0.39 is 34.1 Å². The number of hydrogen-bond acceptors (Lipinski definition) is 5. The SMILES string of the molecule is O=C(O)C1CCN(S(=O)(=O)NC2CCOC2=O)CC1. The monoisotopic (exact) mass is 292 g/mol. The van der Waals surface area contributed by atoms with E-state index in [9.17, 15) is 18.0 Å². The smallest absolute Gasteiger partial charge is 0.324 e. The van der Waals surface area contributed by atoms with Crippen molar-refractivity contribution in [2.75, 3.05) is 19.7 Å². The fraction of sp³-hybridized carbons (Fsp3) is 0.800. The molecule has 1 atom stereocenters. The van der Waals surface area contributed by atoms with Gasteiger partial charge < -0.3 is 9.84 Å². The minimum absolute atomic E-state index is 0.147. The lowest BCUT2D eigenvalue weighted by molar-refractivity contribution is -0.143. The van der Waals surface area contributed by atoms with Crippen molar-refractivity contribution >= 4 is 22.1 Å². The van der Waals surface area contributed by atoms with E-state index in [1.807, 2.05) is 0 Å². The molecule has 8 nitrogen and oxygen atoms in total. The summed E-state index contributed by atoms with van der Waals surface area (Å²) in [6.07, 6.45) is 0.889. The summed E-state index contributed by atoms with van der Waals surface area (Å²) in [5, 5.41) is 8.85. The maximum atomic E-state index is 12.0. The van der Waals surface area contributed by atoms with Gasteiger partial charge in [0.2, 0.25) is 0 Å². The molecule has 0 aromatic rings. The second kappa shape index (κ2) is 5.43. The predicted octanol–water partition coefficient (Wildman–Crippen LogP) is -1.07. The van der Waals surface area contributed by atoms with E-state index in [2.05, 4.69) is 9.46 Å². The zero-order valence-electron chi connectivity index (χ0n) is 10.2. The highest BCUT2D eigenvalue weighted by Gasteiger charge is 2.36. The Morgan fingerprint density at radius 1 is 1.32 bits per heavy atom. The van der Waals surface area contributed by atoms with Crippen LogP contribution in [-0.2, 0) is 24.5 Å². The first-order chi connectivity index (χ1) is 8.90. The number of hydrogen-bond donors (Lipinski definition) is 2. The average molecular weight is 292 g/mol. The molecule has 2 heterocycles. The number of esters is 1. The van der Waals surface area contributed by atoms with Gasteiger partial charge in [-0.05, 0) is 12.8 Å². The highest BCUT2D eigenvalue weighted by atomic mass is 32.2. The summed E-state index contributed by atoms with van der Waals surface area (Å²) >= 11 is 0. The normalized spacial score (nSPS) is 26.3. The van der Waals surface area contributed by atoms with Crippen molar-refractivity contribution in [1.82, 2.24) is 9.03 Å². The quantitative estimate of drug-likeness (QED) is 0.638. The minimum atomic E-state index is -3.76. The molecule has 0 radical (unpaired) electrons. The summed E-state index contributed by atoms with van der Waals surface area (Å²) in [7, 11) is -3.76. The predicted molar refractivity (Wildman–Crippen MR) is 63.4 cm³/mol. The average Bonchev–Trinajstić information content (AvgIpc) is 2.74. The minimum Gasteiger partial charge on any atom is -0.481 e. The molecule has 2 aliphatic rings. The zero-order valence-corrected chi connectivity index (χ0v) is 11.1. The summed E-state index contributed by atoms with van der Waals surface area (Å²) < 4.78 is 32.2. The summed E-state index contributed by atoms with van der Waals surface area (Å²) in [6.45, 7) is 0.509. The van der Waals surface area contributed by atoms with Crippen molar-refractivity contribution in [1.29, 1.82) is 0 Å². The number of nitrogens with zero attached hydrogens (tertiary/aromatic N) is 1. The Labute approximate surface area is 110 Å². The first kappa shape index (κ1) is 14.2. The second-order valence-electron chi connectivity index (χ2n) is 4.64. The number of carboxylic acid groups (broad SMARTS) is 1. The molecule has 9 heteroatoms. The summed E-state index contributed by atoms with van der Waals surface area (Å²) in [6, 6.07) is -0.831. The standard InChI is InChI=1S/C10H16N2O6S/c13-9(14)7-1-4-12(5-2-7)19(16,17)11-8-3-6-18-10(8)15/h7-8,11H,1-6H2,(H,13,14). The summed E-state index contributed by atoms with van der Waals surface area (Å²) in [4.78, 5) is 22.0. The maximum Gasteiger partial charge on any atom is 0.324 e. The molecule has 0 bridgehead atoms. The van der Waals surface area contributed by atoms with Gasteiger partial charge in [0.05, 0.1) is 12.5 Å². The molecule has 108 valence electrons. The molecule has 2 N–H and O–H groups in total. The van der Waals surface area contributed by atoms with E-state index in [-0.39, 0.29) is 32.5 Å². The number of nitrogens with one attached hydrogen (secondary N) is 1. The van der Waals surface area contributed by atoms with Gasteiger partial charge >= 0.3 is 11.9 Å². The Bertz CT molecular complexity index is 468. The fourth-order valence-corrected chi connectivity index (χ4v) is 3.61. The van der Waals surface area contributed by atoms with Crippen molar-refractivity contribution in [3.8, 4) is 0 Å². The third kappa shape index (κ3) is 3.23. The third-order valence-electron chi connectivity index (χ3n) is 3.37. The number of rotatable bonds is 4. The Balaban J connectivity index is 1.94. The first-order valence-electron chi connectivity index (χ1n) is 6.07. The van der Waals surface area contributed by atoms with E-state index in [4.69, 9.17) is 5.11 Å². The molecule has 0 saturated carbocycles. The van der Waals surface area contributed by atoms with Gasteiger partial charge in [-0.15, -0.1) is 0 Å². The van der Waals surface area contributed by atoms with Crippen LogP contribution in [0.25, 0.3) is 0 Å². The van der Waals surface area contributed by atoms with Crippen LogP contribution in [0.2, 0.25) is 0 Å². The van der Waals surface area contributed by atoms with E-state index in [0.717, 1.165) is 0 Å². The molecular weight excluding hydrogens is 276 g/mol. The van der Waals surface area contributed by atoms with Crippen LogP contribution < -0.4 is 4.72 Å². The van der Waals surface area contributed by atoms with E-state index in [1.165, 1.54) is 4.31 Å². The van der Waals surface area contributed by atoms with Crippen LogP contribution in [0.5, 0.6) is 0 Å². The highest BCUT2D eigenvalue weighted by molar-refractivity contribution is 7.87. The van der Waals surface area contributed by atoms with Gasteiger partial charge in [0, 0.05) is 19.5 Å². The third-order valence-corrected chi connectivity index (χ3v) is 5.00. The number of carboxylic acids is 1. The van der Waals surface area contributed by atoms with Gasteiger partial charge in [0.15, 0.2) is 0 Å². The van der Waals surface area contributed by atoms with Crippen LogP contribution in [-0.4, -0.2) is 55.5 Å². The molecule has 0 aromatic carbocycles. The van der Waals surface area contributed by atoms with Crippen molar-refractivity contribution in [2.45, 2.75) is 25.3 Å². The lowest BCUT2D eigenvalue weighted by Gasteiger charge is -2.29. The van der Waals surface area contributed by atoms with Crippen molar-refractivity contribution in [3.05, 3.63) is 0 Å².